The molecular weight excluding hydrogens is 428 g/mol. The Morgan fingerprint density at radius 1 is 0.848 bits per heavy atom. The van der Waals surface area contributed by atoms with E-state index in [0.29, 0.717) is 38.4 Å². The molecule has 2 aromatic rings. The highest BCUT2D eigenvalue weighted by molar-refractivity contribution is 6.99. The Hall–Kier alpha value is -2.70. The predicted octanol–water partition coefficient (Wildman–Crippen LogP) is 3.65. The third-order valence-electron chi connectivity index (χ3n) is 6.68. The minimum Gasteiger partial charge on any atom is -0.404 e. The van der Waals surface area contributed by atoms with E-state index in [1.54, 1.807) is 9.80 Å². The first-order valence-corrected chi connectivity index (χ1v) is 13.8. The Morgan fingerprint density at radius 3 is 1.67 bits per heavy atom. The molecule has 33 heavy (non-hydrogen) atoms. The Kier molecular flexibility index (Phi) is 6.86. The SMILES string of the molecule is CC(C)(C)[Si](OCC=C(N1CCCC1=O)N1CCCC1=O)(c1ccccc1)c1ccccc1. The van der Waals surface area contributed by atoms with Crippen molar-refractivity contribution in [1.29, 1.82) is 0 Å². The lowest BCUT2D eigenvalue weighted by Crippen LogP contribution is -2.66. The van der Waals surface area contributed by atoms with E-state index in [0.717, 1.165) is 12.8 Å². The van der Waals surface area contributed by atoms with Gasteiger partial charge in [-0.2, -0.15) is 0 Å². The molecule has 4 rings (SSSR count). The van der Waals surface area contributed by atoms with Gasteiger partial charge in [0.05, 0.1) is 6.61 Å². The Bertz CT molecular complexity index is 947. The first kappa shape index (κ1) is 23.5. The molecule has 2 saturated heterocycles. The Morgan fingerprint density at radius 2 is 1.30 bits per heavy atom. The molecule has 0 N–H and O–H groups in total. The number of carbonyl (C=O) groups is 2. The summed E-state index contributed by atoms with van der Waals surface area (Å²) >= 11 is 0. The van der Waals surface area contributed by atoms with Gasteiger partial charge in [0.25, 0.3) is 8.32 Å². The van der Waals surface area contributed by atoms with Crippen LogP contribution in [0, 0.1) is 0 Å². The number of likely N-dealkylation sites (tertiary alicyclic amines) is 2. The van der Waals surface area contributed by atoms with E-state index >= 15 is 0 Å². The lowest BCUT2D eigenvalue weighted by molar-refractivity contribution is -0.130. The van der Waals surface area contributed by atoms with Crippen molar-refractivity contribution in [2.45, 2.75) is 51.5 Å². The highest BCUT2D eigenvalue weighted by atomic mass is 28.4. The van der Waals surface area contributed by atoms with Crippen molar-refractivity contribution in [2.24, 2.45) is 0 Å². The lowest BCUT2D eigenvalue weighted by Gasteiger charge is -2.43. The molecule has 2 aliphatic rings. The molecule has 0 aromatic heterocycles. The van der Waals surface area contributed by atoms with Gasteiger partial charge in [-0.05, 0) is 34.3 Å². The zero-order valence-corrected chi connectivity index (χ0v) is 20.9. The molecule has 5 nitrogen and oxygen atoms in total. The third kappa shape index (κ3) is 4.55. The Labute approximate surface area is 198 Å². The third-order valence-corrected chi connectivity index (χ3v) is 11.7. The predicted molar refractivity (Wildman–Crippen MR) is 134 cm³/mol. The van der Waals surface area contributed by atoms with E-state index in [1.807, 2.05) is 18.2 Å². The van der Waals surface area contributed by atoms with Gasteiger partial charge >= 0.3 is 0 Å². The van der Waals surface area contributed by atoms with Gasteiger partial charge in [0.1, 0.15) is 5.82 Å². The molecule has 0 aliphatic carbocycles. The first-order valence-electron chi connectivity index (χ1n) is 11.9. The van der Waals surface area contributed by atoms with Crippen LogP contribution in [0.15, 0.2) is 72.6 Å². The Balaban J connectivity index is 1.74. The summed E-state index contributed by atoms with van der Waals surface area (Å²) in [5.41, 5.74) is 0. The number of hydrogen-bond acceptors (Lipinski definition) is 3. The van der Waals surface area contributed by atoms with E-state index in [9.17, 15) is 9.59 Å². The van der Waals surface area contributed by atoms with Gasteiger partial charge in [-0.3, -0.25) is 19.4 Å². The largest absolute Gasteiger partial charge is 0.404 e. The standard InChI is InChI=1S/C27H34N2O3Si/c1-27(2,3)33(22-12-6-4-7-13-22,23-14-8-5-9-15-23)32-21-18-24(28-19-10-16-25(28)30)29-20-11-17-26(29)31/h4-9,12-15,18H,10-11,16-17,19-21H2,1-3H3. The topological polar surface area (TPSA) is 49.9 Å². The number of nitrogens with zero attached hydrogens (tertiary/aromatic N) is 2. The fourth-order valence-electron chi connectivity index (χ4n) is 5.15. The van der Waals surface area contributed by atoms with E-state index in [1.165, 1.54) is 10.4 Å². The molecule has 6 heteroatoms. The lowest BCUT2D eigenvalue weighted by atomic mass is 10.2. The van der Waals surface area contributed by atoms with Crippen LogP contribution in [0.2, 0.25) is 5.04 Å². The zero-order valence-electron chi connectivity index (χ0n) is 19.9. The van der Waals surface area contributed by atoms with E-state index < -0.39 is 8.32 Å². The van der Waals surface area contributed by atoms with Crippen LogP contribution in [0.4, 0.5) is 0 Å². The molecule has 2 aliphatic heterocycles. The van der Waals surface area contributed by atoms with Gasteiger partial charge in [-0.25, -0.2) is 0 Å². The van der Waals surface area contributed by atoms with Crippen LogP contribution in [0.5, 0.6) is 0 Å². The van der Waals surface area contributed by atoms with Crippen molar-refractivity contribution >= 4 is 30.5 Å². The summed E-state index contributed by atoms with van der Waals surface area (Å²) in [6, 6.07) is 21.0. The molecule has 174 valence electrons. The molecule has 0 saturated carbocycles. The number of rotatable bonds is 7. The van der Waals surface area contributed by atoms with Gasteiger partial charge in [0, 0.05) is 25.9 Å². The van der Waals surface area contributed by atoms with Crippen molar-refractivity contribution in [2.75, 3.05) is 19.7 Å². The fraction of sp³-hybridized carbons (Fsp3) is 0.407. The van der Waals surface area contributed by atoms with E-state index in [-0.39, 0.29) is 16.9 Å². The van der Waals surface area contributed by atoms with Crippen molar-refractivity contribution in [3.05, 3.63) is 72.6 Å². The van der Waals surface area contributed by atoms with Gasteiger partial charge in [0.15, 0.2) is 0 Å². The summed E-state index contributed by atoms with van der Waals surface area (Å²) < 4.78 is 6.97. The van der Waals surface area contributed by atoms with Gasteiger partial charge < -0.3 is 4.43 Å². The molecule has 0 spiro atoms. The smallest absolute Gasteiger partial charge is 0.261 e. The zero-order chi connectivity index (χ0) is 23.5. The molecule has 0 radical (unpaired) electrons. The second kappa shape index (κ2) is 9.65. The minimum absolute atomic E-state index is 0.0893. The highest BCUT2D eigenvalue weighted by Gasteiger charge is 2.50. The van der Waals surface area contributed by atoms with Crippen LogP contribution < -0.4 is 10.4 Å². The summed E-state index contributed by atoms with van der Waals surface area (Å²) in [5, 5.41) is 2.30. The molecule has 2 fully saturated rings. The molecule has 0 atom stereocenters. The average Bonchev–Trinajstić information content (AvgIpc) is 3.42. The summed E-state index contributed by atoms with van der Waals surface area (Å²) in [6.07, 6.45) is 4.69. The van der Waals surface area contributed by atoms with Crippen molar-refractivity contribution < 1.29 is 14.0 Å². The van der Waals surface area contributed by atoms with Crippen LogP contribution in [0.3, 0.4) is 0 Å². The molecule has 2 amide bonds. The monoisotopic (exact) mass is 462 g/mol. The number of hydrogen-bond donors (Lipinski definition) is 0. The molecule has 2 heterocycles. The number of amides is 2. The van der Waals surface area contributed by atoms with Crippen molar-refractivity contribution in [3.63, 3.8) is 0 Å². The molecule has 0 bridgehead atoms. The second-order valence-corrected chi connectivity index (χ2v) is 14.1. The van der Waals surface area contributed by atoms with Gasteiger partial charge in [-0.1, -0.05) is 81.4 Å². The van der Waals surface area contributed by atoms with Gasteiger partial charge in [-0.15, -0.1) is 0 Å². The maximum atomic E-state index is 12.6. The van der Waals surface area contributed by atoms with E-state index in [4.69, 9.17) is 4.43 Å². The first-order chi connectivity index (χ1) is 15.8. The van der Waals surface area contributed by atoms with Crippen LogP contribution in [-0.4, -0.2) is 49.6 Å². The van der Waals surface area contributed by atoms with E-state index in [2.05, 4.69) is 69.3 Å². The van der Waals surface area contributed by atoms with Crippen molar-refractivity contribution in [3.8, 4) is 0 Å². The van der Waals surface area contributed by atoms with Gasteiger partial charge in [0.2, 0.25) is 11.8 Å². The summed E-state index contributed by atoms with van der Waals surface area (Å²) in [4.78, 5) is 28.7. The van der Waals surface area contributed by atoms with Crippen LogP contribution in [0.25, 0.3) is 0 Å². The highest BCUT2D eigenvalue weighted by Crippen LogP contribution is 2.37. The van der Waals surface area contributed by atoms with Crippen molar-refractivity contribution in [1.82, 2.24) is 9.80 Å². The average molecular weight is 463 g/mol. The fourth-order valence-corrected chi connectivity index (χ4v) is 9.64. The van der Waals surface area contributed by atoms with Crippen LogP contribution in [-0.2, 0) is 14.0 Å². The quantitative estimate of drug-likeness (QED) is 0.590. The maximum absolute atomic E-state index is 12.6. The summed E-state index contributed by atoms with van der Waals surface area (Å²) in [5.74, 6) is 0.885. The van der Waals surface area contributed by atoms with Crippen LogP contribution >= 0.6 is 0 Å². The number of benzene rings is 2. The number of carbonyl (C=O) groups excluding carboxylic acids is 2. The molecule has 2 aromatic carbocycles. The second-order valence-electron chi connectivity index (χ2n) is 9.83. The molecule has 0 unspecified atom stereocenters. The maximum Gasteiger partial charge on any atom is 0.261 e. The summed E-state index contributed by atoms with van der Waals surface area (Å²) in [6.45, 7) is 8.41. The summed E-state index contributed by atoms with van der Waals surface area (Å²) in [7, 11) is -2.68. The van der Waals surface area contributed by atoms with Crippen LogP contribution in [0.1, 0.15) is 46.5 Å². The normalized spacial score (nSPS) is 17.1. The molecular formula is C27H34N2O3Si. The minimum atomic E-state index is -2.68.